The Labute approximate surface area is 91.2 Å². The van der Waals surface area contributed by atoms with Crippen LogP contribution in [0.4, 0.5) is 0 Å². The Balaban J connectivity index is 2.82. The molecule has 0 aliphatic rings. The van der Waals surface area contributed by atoms with Crippen LogP contribution in [-0.2, 0) is 9.84 Å². The molecule has 0 fully saturated rings. The molecule has 0 saturated heterocycles. The maximum atomic E-state index is 11.4. The van der Waals surface area contributed by atoms with E-state index in [1.54, 1.807) is 6.92 Å². The van der Waals surface area contributed by atoms with Crippen LogP contribution in [0, 0.1) is 6.92 Å². The summed E-state index contributed by atoms with van der Waals surface area (Å²) in [7, 11) is -3.00. The number of aryl methyl sites for hydroxylation is 1. The SMILES string of the molecule is CCS(=O)(=O)CC(N)c1cccc(C)c1. The smallest absolute Gasteiger partial charge is 0.151 e. The molecule has 0 spiro atoms. The summed E-state index contributed by atoms with van der Waals surface area (Å²) in [4.78, 5) is 0. The summed E-state index contributed by atoms with van der Waals surface area (Å²) < 4.78 is 22.8. The number of sulfone groups is 1. The summed E-state index contributed by atoms with van der Waals surface area (Å²) in [6.07, 6.45) is 0. The van der Waals surface area contributed by atoms with Crippen molar-refractivity contribution in [3.63, 3.8) is 0 Å². The molecule has 84 valence electrons. The van der Waals surface area contributed by atoms with Gasteiger partial charge in [0.05, 0.1) is 5.75 Å². The predicted molar refractivity (Wildman–Crippen MR) is 62.4 cm³/mol. The molecule has 1 aromatic carbocycles. The Kier molecular flexibility index (Phi) is 3.88. The van der Waals surface area contributed by atoms with Crippen molar-refractivity contribution in [3.05, 3.63) is 35.4 Å². The highest BCUT2D eigenvalue weighted by Gasteiger charge is 2.15. The van der Waals surface area contributed by atoms with E-state index in [2.05, 4.69) is 0 Å². The fourth-order valence-corrected chi connectivity index (χ4v) is 2.36. The highest BCUT2D eigenvalue weighted by Crippen LogP contribution is 2.14. The van der Waals surface area contributed by atoms with Crippen LogP contribution in [0.2, 0.25) is 0 Å². The van der Waals surface area contributed by atoms with E-state index in [1.165, 1.54) is 0 Å². The van der Waals surface area contributed by atoms with Crippen LogP contribution in [0.15, 0.2) is 24.3 Å². The molecule has 0 heterocycles. The first-order valence-corrected chi connectivity index (χ1v) is 6.79. The van der Waals surface area contributed by atoms with Gasteiger partial charge in [0.15, 0.2) is 9.84 Å². The number of hydrogen-bond acceptors (Lipinski definition) is 3. The van der Waals surface area contributed by atoms with E-state index in [0.717, 1.165) is 11.1 Å². The maximum absolute atomic E-state index is 11.4. The summed E-state index contributed by atoms with van der Waals surface area (Å²) in [5, 5.41) is 0. The fourth-order valence-electron chi connectivity index (χ4n) is 1.39. The van der Waals surface area contributed by atoms with Gasteiger partial charge in [-0.3, -0.25) is 0 Å². The highest BCUT2D eigenvalue weighted by atomic mass is 32.2. The normalized spacial score (nSPS) is 13.8. The molecule has 0 bridgehead atoms. The zero-order valence-electron chi connectivity index (χ0n) is 9.10. The number of benzene rings is 1. The Morgan fingerprint density at radius 1 is 1.40 bits per heavy atom. The Morgan fingerprint density at radius 3 is 2.60 bits per heavy atom. The first-order chi connectivity index (χ1) is 6.94. The van der Waals surface area contributed by atoms with Gasteiger partial charge in [-0.2, -0.15) is 0 Å². The molecule has 4 heteroatoms. The lowest BCUT2D eigenvalue weighted by atomic mass is 10.1. The molecule has 1 unspecified atom stereocenters. The third kappa shape index (κ3) is 3.64. The molecular weight excluding hydrogens is 210 g/mol. The molecular formula is C11H17NO2S. The van der Waals surface area contributed by atoms with Gasteiger partial charge in [0.1, 0.15) is 0 Å². The Hall–Kier alpha value is -0.870. The van der Waals surface area contributed by atoms with Gasteiger partial charge in [0.2, 0.25) is 0 Å². The molecule has 0 aromatic heterocycles. The lowest BCUT2D eigenvalue weighted by Gasteiger charge is -2.12. The molecule has 1 atom stereocenters. The van der Waals surface area contributed by atoms with Crippen molar-refractivity contribution in [2.24, 2.45) is 5.73 Å². The van der Waals surface area contributed by atoms with Gasteiger partial charge in [0.25, 0.3) is 0 Å². The first kappa shape index (κ1) is 12.2. The number of nitrogens with two attached hydrogens (primary N) is 1. The molecule has 0 aliphatic heterocycles. The van der Waals surface area contributed by atoms with Gasteiger partial charge in [-0.1, -0.05) is 36.8 Å². The minimum atomic E-state index is -3.00. The van der Waals surface area contributed by atoms with Gasteiger partial charge >= 0.3 is 0 Å². The van der Waals surface area contributed by atoms with E-state index in [4.69, 9.17) is 5.73 Å². The van der Waals surface area contributed by atoms with Crippen molar-refractivity contribution < 1.29 is 8.42 Å². The summed E-state index contributed by atoms with van der Waals surface area (Å²) in [5.41, 5.74) is 7.82. The van der Waals surface area contributed by atoms with E-state index in [9.17, 15) is 8.42 Å². The van der Waals surface area contributed by atoms with Crippen LogP contribution in [0.25, 0.3) is 0 Å². The minimum Gasteiger partial charge on any atom is -0.323 e. The standard InChI is InChI=1S/C11H17NO2S/c1-3-15(13,14)8-11(12)10-6-4-5-9(2)7-10/h4-7,11H,3,8,12H2,1-2H3. The van der Waals surface area contributed by atoms with Crippen LogP contribution in [-0.4, -0.2) is 19.9 Å². The fraction of sp³-hybridized carbons (Fsp3) is 0.455. The third-order valence-electron chi connectivity index (χ3n) is 2.34. The Morgan fingerprint density at radius 2 is 2.07 bits per heavy atom. The average Bonchev–Trinajstić information content (AvgIpc) is 2.17. The summed E-state index contributed by atoms with van der Waals surface area (Å²) in [6.45, 7) is 3.60. The molecule has 15 heavy (non-hydrogen) atoms. The van der Waals surface area contributed by atoms with Gasteiger partial charge in [-0.25, -0.2) is 8.42 Å². The van der Waals surface area contributed by atoms with Gasteiger partial charge in [-0.15, -0.1) is 0 Å². The summed E-state index contributed by atoms with van der Waals surface area (Å²) >= 11 is 0. The van der Waals surface area contributed by atoms with Crippen molar-refractivity contribution in [2.45, 2.75) is 19.9 Å². The molecule has 0 aliphatic carbocycles. The first-order valence-electron chi connectivity index (χ1n) is 4.97. The topological polar surface area (TPSA) is 60.2 Å². The van der Waals surface area contributed by atoms with Crippen molar-refractivity contribution in [1.29, 1.82) is 0 Å². The second-order valence-corrected chi connectivity index (χ2v) is 6.12. The molecule has 0 radical (unpaired) electrons. The second kappa shape index (κ2) is 4.77. The van der Waals surface area contributed by atoms with Crippen molar-refractivity contribution in [2.75, 3.05) is 11.5 Å². The van der Waals surface area contributed by atoms with E-state index in [0.29, 0.717) is 0 Å². The van der Waals surface area contributed by atoms with Crippen LogP contribution in [0.5, 0.6) is 0 Å². The maximum Gasteiger partial charge on any atom is 0.151 e. The van der Waals surface area contributed by atoms with E-state index in [-0.39, 0.29) is 11.5 Å². The summed E-state index contributed by atoms with van der Waals surface area (Å²) in [5.74, 6) is 0.166. The van der Waals surface area contributed by atoms with Gasteiger partial charge in [0, 0.05) is 11.8 Å². The molecule has 3 nitrogen and oxygen atoms in total. The molecule has 1 aromatic rings. The third-order valence-corrected chi connectivity index (χ3v) is 4.09. The van der Waals surface area contributed by atoms with Crippen molar-refractivity contribution in [3.8, 4) is 0 Å². The minimum absolute atomic E-state index is 0.0208. The zero-order valence-corrected chi connectivity index (χ0v) is 9.92. The van der Waals surface area contributed by atoms with Crippen LogP contribution in [0.1, 0.15) is 24.1 Å². The molecule has 0 saturated carbocycles. The lowest BCUT2D eigenvalue weighted by molar-refractivity contribution is 0.590. The van der Waals surface area contributed by atoms with Crippen molar-refractivity contribution >= 4 is 9.84 Å². The second-order valence-electron chi connectivity index (χ2n) is 3.72. The number of hydrogen-bond donors (Lipinski definition) is 1. The van der Waals surface area contributed by atoms with Crippen LogP contribution >= 0.6 is 0 Å². The molecule has 2 N–H and O–H groups in total. The summed E-state index contributed by atoms with van der Waals surface area (Å²) in [6, 6.07) is 7.22. The highest BCUT2D eigenvalue weighted by molar-refractivity contribution is 7.91. The van der Waals surface area contributed by atoms with E-state index in [1.807, 2.05) is 31.2 Å². The quantitative estimate of drug-likeness (QED) is 0.846. The van der Waals surface area contributed by atoms with Gasteiger partial charge < -0.3 is 5.73 Å². The number of rotatable bonds is 4. The zero-order chi connectivity index (χ0) is 11.5. The molecule has 0 amide bonds. The lowest BCUT2D eigenvalue weighted by Crippen LogP contribution is -2.22. The monoisotopic (exact) mass is 227 g/mol. The van der Waals surface area contributed by atoms with Crippen LogP contribution in [0.3, 0.4) is 0 Å². The van der Waals surface area contributed by atoms with Gasteiger partial charge in [-0.05, 0) is 12.5 Å². The average molecular weight is 227 g/mol. The molecule has 1 rings (SSSR count). The predicted octanol–water partition coefficient (Wildman–Crippen LogP) is 1.43. The Bertz CT molecular complexity index is 426. The van der Waals surface area contributed by atoms with Crippen LogP contribution < -0.4 is 5.73 Å². The van der Waals surface area contributed by atoms with E-state index < -0.39 is 15.9 Å². The largest absolute Gasteiger partial charge is 0.323 e. The van der Waals surface area contributed by atoms with E-state index >= 15 is 0 Å². The van der Waals surface area contributed by atoms with Crippen molar-refractivity contribution in [1.82, 2.24) is 0 Å².